The quantitative estimate of drug-likeness (QED) is 0.800. The highest BCUT2D eigenvalue weighted by atomic mass is 19.3. The summed E-state index contributed by atoms with van der Waals surface area (Å²) in [5, 5.41) is 10.6. The first kappa shape index (κ1) is 12.0. The number of carbonyl (C=O) groups is 2. The molecule has 0 atom stereocenters. The molecule has 0 bridgehead atoms. The van der Waals surface area contributed by atoms with Crippen LogP contribution in [0.5, 0.6) is 0 Å². The van der Waals surface area contributed by atoms with Gasteiger partial charge in [-0.2, -0.15) is 0 Å². The first-order valence-corrected chi connectivity index (χ1v) is 4.27. The standard InChI is InChI=1S/C9H8F2N2O3/c10-6(11)4-13-8(14)7-5(9(15)16)2-1-3-12-7/h1-3,6H,4H2,(H,13,14)(H,15,16). The summed E-state index contributed by atoms with van der Waals surface area (Å²) >= 11 is 0. The topological polar surface area (TPSA) is 79.3 Å². The fourth-order valence-electron chi connectivity index (χ4n) is 1.01. The monoisotopic (exact) mass is 230 g/mol. The van der Waals surface area contributed by atoms with E-state index in [0.29, 0.717) is 0 Å². The van der Waals surface area contributed by atoms with Crippen molar-refractivity contribution in [2.45, 2.75) is 6.43 Å². The van der Waals surface area contributed by atoms with Gasteiger partial charge in [0.15, 0.2) is 0 Å². The van der Waals surface area contributed by atoms with E-state index in [1.807, 2.05) is 5.32 Å². The van der Waals surface area contributed by atoms with Gasteiger partial charge in [0.1, 0.15) is 5.69 Å². The number of carboxylic acids is 1. The van der Waals surface area contributed by atoms with Gasteiger partial charge in [0, 0.05) is 6.20 Å². The van der Waals surface area contributed by atoms with E-state index < -0.39 is 24.8 Å². The van der Waals surface area contributed by atoms with Crippen LogP contribution in [0.1, 0.15) is 20.8 Å². The van der Waals surface area contributed by atoms with Crippen LogP contribution < -0.4 is 5.32 Å². The summed E-state index contributed by atoms with van der Waals surface area (Å²) in [7, 11) is 0. The molecule has 7 heteroatoms. The Labute approximate surface area is 89.1 Å². The van der Waals surface area contributed by atoms with E-state index in [2.05, 4.69) is 4.98 Å². The lowest BCUT2D eigenvalue weighted by Crippen LogP contribution is -2.30. The molecule has 0 aliphatic heterocycles. The highest BCUT2D eigenvalue weighted by Gasteiger charge is 2.18. The van der Waals surface area contributed by atoms with Crippen molar-refractivity contribution in [3.05, 3.63) is 29.6 Å². The van der Waals surface area contributed by atoms with Crippen molar-refractivity contribution >= 4 is 11.9 Å². The van der Waals surface area contributed by atoms with Crippen molar-refractivity contribution in [1.29, 1.82) is 0 Å². The molecule has 0 fully saturated rings. The number of amides is 1. The number of aromatic nitrogens is 1. The maximum absolute atomic E-state index is 11.8. The third-order valence-electron chi connectivity index (χ3n) is 1.67. The molecule has 0 radical (unpaired) electrons. The lowest BCUT2D eigenvalue weighted by atomic mass is 10.2. The van der Waals surface area contributed by atoms with Crippen LogP contribution >= 0.6 is 0 Å². The fraction of sp³-hybridized carbons (Fsp3) is 0.222. The summed E-state index contributed by atoms with van der Waals surface area (Å²) < 4.78 is 23.6. The van der Waals surface area contributed by atoms with Crippen LogP contribution in [0, 0.1) is 0 Å². The highest BCUT2D eigenvalue weighted by Crippen LogP contribution is 2.05. The zero-order valence-electron chi connectivity index (χ0n) is 7.98. The Morgan fingerprint density at radius 1 is 1.50 bits per heavy atom. The second-order valence-electron chi connectivity index (χ2n) is 2.81. The number of hydrogen-bond donors (Lipinski definition) is 2. The number of hydrogen-bond acceptors (Lipinski definition) is 3. The number of nitrogens with one attached hydrogen (secondary N) is 1. The Bertz CT molecular complexity index is 409. The highest BCUT2D eigenvalue weighted by molar-refractivity contribution is 6.03. The van der Waals surface area contributed by atoms with E-state index in [1.54, 1.807) is 0 Å². The molecule has 1 amide bonds. The number of rotatable bonds is 4. The summed E-state index contributed by atoms with van der Waals surface area (Å²) in [6.45, 7) is -0.839. The molecule has 86 valence electrons. The summed E-state index contributed by atoms with van der Waals surface area (Å²) in [5.74, 6) is -2.27. The number of carboxylic acid groups (broad SMARTS) is 1. The Balaban J connectivity index is 2.86. The number of pyridine rings is 1. The summed E-state index contributed by atoms with van der Waals surface area (Å²) in [4.78, 5) is 25.5. The van der Waals surface area contributed by atoms with Crippen LogP contribution in [0.25, 0.3) is 0 Å². The van der Waals surface area contributed by atoms with Crippen LogP contribution in [0.15, 0.2) is 18.3 Å². The average molecular weight is 230 g/mol. The van der Waals surface area contributed by atoms with E-state index in [1.165, 1.54) is 18.3 Å². The van der Waals surface area contributed by atoms with Crippen molar-refractivity contribution in [2.24, 2.45) is 0 Å². The zero-order valence-corrected chi connectivity index (χ0v) is 7.98. The Hall–Kier alpha value is -2.05. The molecule has 0 aromatic carbocycles. The van der Waals surface area contributed by atoms with Crippen molar-refractivity contribution in [3.63, 3.8) is 0 Å². The molecule has 0 spiro atoms. The van der Waals surface area contributed by atoms with E-state index in [-0.39, 0.29) is 11.3 Å². The minimum atomic E-state index is -2.69. The molecule has 0 saturated carbocycles. The molecule has 1 rings (SSSR count). The zero-order chi connectivity index (χ0) is 12.1. The van der Waals surface area contributed by atoms with Crippen LogP contribution in [-0.2, 0) is 0 Å². The molecule has 0 unspecified atom stereocenters. The first-order chi connectivity index (χ1) is 7.52. The smallest absolute Gasteiger partial charge is 0.338 e. The van der Waals surface area contributed by atoms with E-state index in [9.17, 15) is 18.4 Å². The predicted octanol–water partition coefficient (Wildman–Crippen LogP) is 0.775. The maximum atomic E-state index is 11.8. The fourth-order valence-corrected chi connectivity index (χ4v) is 1.01. The molecular weight excluding hydrogens is 222 g/mol. The number of nitrogens with zero attached hydrogens (tertiary/aromatic N) is 1. The second-order valence-corrected chi connectivity index (χ2v) is 2.81. The molecule has 0 aliphatic rings. The molecule has 0 aliphatic carbocycles. The van der Waals surface area contributed by atoms with Crippen molar-refractivity contribution in [1.82, 2.24) is 10.3 Å². The number of aromatic carboxylic acids is 1. The van der Waals surface area contributed by atoms with Gasteiger partial charge < -0.3 is 10.4 Å². The summed E-state index contributed by atoms with van der Waals surface area (Å²) in [6.07, 6.45) is -1.48. The van der Waals surface area contributed by atoms with E-state index in [0.717, 1.165) is 0 Å². The van der Waals surface area contributed by atoms with E-state index >= 15 is 0 Å². The average Bonchev–Trinajstić information content (AvgIpc) is 2.25. The van der Waals surface area contributed by atoms with Gasteiger partial charge in [-0.15, -0.1) is 0 Å². The minimum absolute atomic E-state index is 0.325. The number of halogens is 2. The second kappa shape index (κ2) is 5.15. The molecule has 1 aromatic rings. The minimum Gasteiger partial charge on any atom is -0.478 e. The first-order valence-electron chi connectivity index (χ1n) is 4.27. The van der Waals surface area contributed by atoms with Crippen LogP contribution in [-0.4, -0.2) is 34.9 Å². The molecule has 5 nitrogen and oxygen atoms in total. The predicted molar refractivity (Wildman–Crippen MR) is 49.5 cm³/mol. The third kappa shape index (κ3) is 2.97. The molecule has 0 saturated heterocycles. The van der Waals surface area contributed by atoms with Gasteiger partial charge in [0.2, 0.25) is 0 Å². The largest absolute Gasteiger partial charge is 0.478 e. The lowest BCUT2D eigenvalue weighted by molar-refractivity contribution is 0.0689. The summed E-state index contributed by atoms with van der Waals surface area (Å²) in [5.41, 5.74) is -0.704. The molecular formula is C9H8F2N2O3. The van der Waals surface area contributed by atoms with Crippen molar-refractivity contribution in [3.8, 4) is 0 Å². The Kier molecular flexibility index (Phi) is 3.87. The van der Waals surface area contributed by atoms with Crippen LogP contribution in [0.2, 0.25) is 0 Å². The van der Waals surface area contributed by atoms with Gasteiger partial charge >= 0.3 is 5.97 Å². The molecule has 1 heterocycles. The van der Waals surface area contributed by atoms with Crippen LogP contribution in [0.3, 0.4) is 0 Å². The SMILES string of the molecule is O=C(O)c1cccnc1C(=O)NCC(F)F. The molecule has 1 aromatic heterocycles. The number of carbonyl (C=O) groups excluding carboxylic acids is 1. The maximum Gasteiger partial charge on any atom is 0.338 e. The van der Waals surface area contributed by atoms with Gasteiger partial charge in [-0.3, -0.25) is 9.78 Å². The Morgan fingerprint density at radius 2 is 2.19 bits per heavy atom. The molecule has 2 N–H and O–H groups in total. The van der Waals surface area contributed by atoms with Crippen molar-refractivity contribution < 1.29 is 23.5 Å². The normalized spacial score (nSPS) is 10.2. The van der Waals surface area contributed by atoms with Crippen molar-refractivity contribution in [2.75, 3.05) is 6.54 Å². The molecule has 16 heavy (non-hydrogen) atoms. The van der Waals surface area contributed by atoms with Gasteiger partial charge in [-0.25, -0.2) is 13.6 Å². The van der Waals surface area contributed by atoms with Crippen LogP contribution in [0.4, 0.5) is 8.78 Å². The van der Waals surface area contributed by atoms with Gasteiger partial charge in [-0.05, 0) is 12.1 Å². The summed E-state index contributed by atoms with van der Waals surface area (Å²) in [6, 6.07) is 2.51. The Morgan fingerprint density at radius 3 is 2.75 bits per heavy atom. The van der Waals surface area contributed by atoms with E-state index in [4.69, 9.17) is 5.11 Å². The number of alkyl halides is 2. The third-order valence-corrected chi connectivity index (χ3v) is 1.67. The van der Waals surface area contributed by atoms with Gasteiger partial charge in [0.25, 0.3) is 12.3 Å². The lowest BCUT2D eigenvalue weighted by Gasteiger charge is -2.05. The van der Waals surface area contributed by atoms with Gasteiger partial charge in [0.05, 0.1) is 12.1 Å². The van der Waals surface area contributed by atoms with Gasteiger partial charge in [-0.1, -0.05) is 0 Å².